The number of rotatable bonds is 3. The highest BCUT2D eigenvalue weighted by atomic mass is 15.2. The fraction of sp³-hybridized carbons (Fsp3) is 1.00. The largest absolute Gasteiger partial charge is 0.314 e. The Bertz CT molecular complexity index is 232. The minimum atomic E-state index is 0.748. The van der Waals surface area contributed by atoms with E-state index in [0.29, 0.717) is 0 Å². The second-order valence-corrected chi connectivity index (χ2v) is 5.98. The van der Waals surface area contributed by atoms with Crippen LogP contribution < -0.4 is 5.32 Å². The molecule has 3 atom stereocenters. The molecule has 2 aliphatic heterocycles. The van der Waals surface area contributed by atoms with Gasteiger partial charge in [0.15, 0.2) is 0 Å². The van der Waals surface area contributed by atoms with Crippen LogP contribution in [0.15, 0.2) is 0 Å². The number of hydrogen-bond acceptors (Lipinski definition) is 3. The van der Waals surface area contributed by atoms with Crippen molar-refractivity contribution in [3.63, 3.8) is 0 Å². The third-order valence-corrected chi connectivity index (χ3v) is 4.52. The predicted molar refractivity (Wildman–Crippen MR) is 73.3 cm³/mol. The van der Waals surface area contributed by atoms with Crippen molar-refractivity contribution in [2.45, 2.75) is 45.2 Å². The predicted octanol–water partition coefficient (Wildman–Crippen LogP) is 1.40. The van der Waals surface area contributed by atoms with Gasteiger partial charge in [-0.05, 0) is 51.9 Å². The summed E-state index contributed by atoms with van der Waals surface area (Å²) in [6.45, 7) is 10.9. The molecule has 3 heteroatoms. The molecular formula is C14H29N3. The first-order chi connectivity index (χ1) is 8.20. The van der Waals surface area contributed by atoms with Crippen LogP contribution in [-0.2, 0) is 0 Å². The van der Waals surface area contributed by atoms with Gasteiger partial charge in [-0.15, -0.1) is 0 Å². The fourth-order valence-corrected chi connectivity index (χ4v) is 3.51. The second kappa shape index (κ2) is 6.17. The standard InChI is InChI=1S/C14H29N3/c1-4-15-14-7-9-17(10-12(14)2)13-6-5-8-16(3)11-13/h12-15H,4-11H2,1-3H3. The van der Waals surface area contributed by atoms with Gasteiger partial charge in [0.05, 0.1) is 0 Å². The Labute approximate surface area is 107 Å². The number of piperidine rings is 2. The first-order valence-corrected chi connectivity index (χ1v) is 7.36. The maximum atomic E-state index is 3.63. The fourth-order valence-electron chi connectivity index (χ4n) is 3.51. The van der Waals surface area contributed by atoms with Crippen LogP contribution in [0.2, 0.25) is 0 Å². The van der Waals surface area contributed by atoms with Crippen molar-refractivity contribution < 1.29 is 0 Å². The topological polar surface area (TPSA) is 18.5 Å². The molecule has 2 saturated heterocycles. The molecule has 2 aliphatic rings. The van der Waals surface area contributed by atoms with Gasteiger partial charge >= 0.3 is 0 Å². The smallest absolute Gasteiger partial charge is 0.0223 e. The van der Waals surface area contributed by atoms with E-state index in [2.05, 4.69) is 36.0 Å². The summed E-state index contributed by atoms with van der Waals surface area (Å²) in [5, 5.41) is 3.63. The van der Waals surface area contributed by atoms with E-state index < -0.39 is 0 Å². The Hall–Kier alpha value is -0.120. The molecule has 3 unspecified atom stereocenters. The molecule has 0 bridgehead atoms. The van der Waals surface area contributed by atoms with Gasteiger partial charge in [-0.2, -0.15) is 0 Å². The Morgan fingerprint density at radius 2 is 2.00 bits per heavy atom. The maximum absolute atomic E-state index is 3.63. The van der Waals surface area contributed by atoms with Gasteiger partial charge in [0.1, 0.15) is 0 Å². The van der Waals surface area contributed by atoms with Gasteiger partial charge in [0, 0.05) is 25.2 Å². The van der Waals surface area contributed by atoms with Crippen molar-refractivity contribution >= 4 is 0 Å². The maximum Gasteiger partial charge on any atom is 0.0223 e. The van der Waals surface area contributed by atoms with Crippen LogP contribution in [0.25, 0.3) is 0 Å². The minimum Gasteiger partial charge on any atom is -0.314 e. The molecule has 0 aromatic rings. The SMILES string of the molecule is CCNC1CCN(C2CCCN(C)C2)CC1C. The Balaban J connectivity index is 1.83. The highest BCUT2D eigenvalue weighted by Gasteiger charge is 2.30. The monoisotopic (exact) mass is 239 g/mol. The lowest BCUT2D eigenvalue weighted by molar-refractivity contribution is 0.0622. The number of nitrogens with zero attached hydrogens (tertiary/aromatic N) is 2. The summed E-state index contributed by atoms with van der Waals surface area (Å²) in [5.74, 6) is 0.802. The molecule has 2 heterocycles. The second-order valence-electron chi connectivity index (χ2n) is 5.98. The quantitative estimate of drug-likeness (QED) is 0.803. The van der Waals surface area contributed by atoms with E-state index in [1.54, 1.807) is 0 Å². The van der Waals surface area contributed by atoms with Crippen LogP contribution in [0.3, 0.4) is 0 Å². The summed E-state index contributed by atoms with van der Waals surface area (Å²) in [6.07, 6.45) is 4.11. The van der Waals surface area contributed by atoms with Crippen LogP contribution in [0.4, 0.5) is 0 Å². The van der Waals surface area contributed by atoms with E-state index in [4.69, 9.17) is 0 Å². The highest BCUT2D eigenvalue weighted by molar-refractivity contribution is 4.88. The Morgan fingerprint density at radius 1 is 1.18 bits per heavy atom. The summed E-state index contributed by atoms with van der Waals surface area (Å²) < 4.78 is 0. The molecule has 0 radical (unpaired) electrons. The molecule has 0 amide bonds. The zero-order valence-corrected chi connectivity index (χ0v) is 11.8. The molecule has 17 heavy (non-hydrogen) atoms. The minimum absolute atomic E-state index is 0.748. The van der Waals surface area contributed by atoms with Crippen LogP contribution in [-0.4, -0.2) is 61.7 Å². The van der Waals surface area contributed by atoms with Gasteiger partial charge in [-0.25, -0.2) is 0 Å². The van der Waals surface area contributed by atoms with Crippen LogP contribution in [0, 0.1) is 5.92 Å². The van der Waals surface area contributed by atoms with E-state index in [0.717, 1.165) is 24.5 Å². The summed E-state index contributed by atoms with van der Waals surface area (Å²) >= 11 is 0. The van der Waals surface area contributed by atoms with E-state index in [1.807, 2.05) is 0 Å². The third kappa shape index (κ3) is 3.43. The van der Waals surface area contributed by atoms with E-state index >= 15 is 0 Å². The summed E-state index contributed by atoms with van der Waals surface area (Å²) in [7, 11) is 2.26. The zero-order valence-electron chi connectivity index (χ0n) is 11.8. The summed E-state index contributed by atoms with van der Waals surface area (Å²) in [5.41, 5.74) is 0. The molecule has 2 fully saturated rings. The average Bonchev–Trinajstić information content (AvgIpc) is 2.32. The number of nitrogens with one attached hydrogen (secondary N) is 1. The molecule has 0 aromatic carbocycles. The summed E-state index contributed by atoms with van der Waals surface area (Å²) in [4.78, 5) is 5.24. The van der Waals surface area contributed by atoms with Crippen molar-refractivity contribution in [1.82, 2.24) is 15.1 Å². The van der Waals surface area contributed by atoms with Crippen LogP contribution in [0.5, 0.6) is 0 Å². The van der Waals surface area contributed by atoms with Gasteiger partial charge in [0.2, 0.25) is 0 Å². The van der Waals surface area contributed by atoms with Crippen LogP contribution >= 0.6 is 0 Å². The van der Waals surface area contributed by atoms with Gasteiger partial charge in [-0.3, -0.25) is 4.90 Å². The van der Waals surface area contributed by atoms with Gasteiger partial charge in [-0.1, -0.05) is 13.8 Å². The lowest BCUT2D eigenvalue weighted by Gasteiger charge is -2.44. The molecular weight excluding hydrogens is 210 g/mol. The van der Waals surface area contributed by atoms with Gasteiger partial charge < -0.3 is 10.2 Å². The molecule has 0 aromatic heterocycles. The van der Waals surface area contributed by atoms with Gasteiger partial charge in [0.25, 0.3) is 0 Å². The Kier molecular flexibility index (Phi) is 4.83. The number of hydrogen-bond donors (Lipinski definition) is 1. The first kappa shape index (κ1) is 13.3. The molecule has 0 aliphatic carbocycles. The highest BCUT2D eigenvalue weighted by Crippen LogP contribution is 2.22. The molecule has 100 valence electrons. The Morgan fingerprint density at radius 3 is 2.65 bits per heavy atom. The lowest BCUT2D eigenvalue weighted by Crippen LogP contribution is -2.54. The van der Waals surface area contributed by atoms with Crippen molar-refractivity contribution in [1.29, 1.82) is 0 Å². The van der Waals surface area contributed by atoms with E-state index in [1.165, 1.54) is 45.4 Å². The lowest BCUT2D eigenvalue weighted by atomic mass is 9.91. The molecule has 3 nitrogen and oxygen atoms in total. The first-order valence-electron chi connectivity index (χ1n) is 7.36. The summed E-state index contributed by atoms with van der Waals surface area (Å²) in [6, 6.07) is 1.57. The molecule has 1 N–H and O–H groups in total. The number of likely N-dealkylation sites (N-methyl/N-ethyl adjacent to an activating group) is 1. The molecule has 0 spiro atoms. The zero-order chi connectivity index (χ0) is 12.3. The van der Waals surface area contributed by atoms with E-state index in [9.17, 15) is 0 Å². The molecule has 2 rings (SSSR count). The van der Waals surface area contributed by atoms with Crippen LogP contribution in [0.1, 0.15) is 33.1 Å². The van der Waals surface area contributed by atoms with Crippen molar-refractivity contribution in [3.8, 4) is 0 Å². The third-order valence-electron chi connectivity index (χ3n) is 4.52. The van der Waals surface area contributed by atoms with Crippen molar-refractivity contribution in [2.75, 3.05) is 39.8 Å². The molecule has 0 saturated carbocycles. The van der Waals surface area contributed by atoms with Crippen molar-refractivity contribution in [3.05, 3.63) is 0 Å². The van der Waals surface area contributed by atoms with E-state index in [-0.39, 0.29) is 0 Å². The van der Waals surface area contributed by atoms with Crippen molar-refractivity contribution in [2.24, 2.45) is 5.92 Å². The normalized spacial score (nSPS) is 37.2. The number of likely N-dealkylation sites (tertiary alicyclic amines) is 2. The average molecular weight is 239 g/mol.